The Kier molecular flexibility index (Phi) is 6.18. The molecule has 4 aliphatic rings. The molecule has 1 aromatic carbocycles. The first-order chi connectivity index (χ1) is 18.1. The van der Waals surface area contributed by atoms with Gasteiger partial charge >= 0.3 is 0 Å². The third-order valence-corrected chi connectivity index (χ3v) is 9.51. The molecule has 2 aliphatic heterocycles. The highest BCUT2D eigenvalue weighted by molar-refractivity contribution is 5.56. The Morgan fingerprint density at radius 2 is 1.92 bits per heavy atom. The molecule has 1 aromatic heterocycles. The second kappa shape index (κ2) is 9.08. The Morgan fingerprint density at radius 3 is 2.53 bits per heavy atom. The third kappa shape index (κ3) is 3.83. The van der Waals surface area contributed by atoms with Crippen molar-refractivity contribution in [1.82, 2.24) is 4.98 Å². The highest BCUT2D eigenvalue weighted by Crippen LogP contribution is 2.60. The molecule has 2 spiro atoms. The molecule has 0 bridgehead atoms. The van der Waals surface area contributed by atoms with Crippen molar-refractivity contribution in [2.45, 2.75) is 102 Å². The lowest BCUT2D eigenvalue weighted by Gasteiger charge is -2.48. The molecule has 2 unspecified atom stereocenters. The van der Waals surface area contributed by atoms with E-state index in [1.54, 1.807) is 12.1 Å². The minimum Gasteiger partial charge on any atom is -0.388 e. The maximum Gasteiger partial charge on any atom is 0.274 e. The Bertz CT molecular complexity index is 1310. The highest BCUT2D eigenvalue weighted by atomic mass is 19.3. The normalized spacial score (nSPS) is 25.2. The van der Waals surface area contributed by atoms with E-state index >= 15 is 0 Å². The van der Waals surface area contributed by atoms with Gasteiger partial charge in [0.15, 0.2) is 0 Å². The van der Waals surface area contributed by atoms with Crippen molar-refractivity contribution in [3.05, 3.63) is 63.0 Å². The van der Waals surface area contributed by atoms with E-state index in [1.165, 1.54) is 19.4 Å². The number of ether oxygens (including phenoxy) is 2. The molecular formula is C31H36F2N2O3. The summed E-state index contributed by atoms with van der Waals surface area (Å²) in [5, 5.41) is 21.4. The highest BCUT2D eigenvalue weighted by Gasteiger charge is 2.54. The summed E-state index contributed by atoms with van der Waals surface area (Å²) in [6.45, 7) is 6.75. The van der Waals surface area contributed by atoms with Gasteiger partial charge in [-0.3, -0.25) is 4.98 Å². The number of rotatable bonds is 4. The minimum absolute atomic E-state index is 0.0311. The van der Waals surface area contributed by atoms with E-state index in [2.05, 4.69) is 13.8 Å². The number of aromatic nitrogens is 1. The molecule has 202 valence electrons. The number of benzene rings is 1. The SMILES string of the molecule is CCC(F)(F)c1ccc(C2OC3(CCOCC3)c3c4c(nc(C(C)C)c32)CC2(CCC2)CC4O)cc1C#N. The lowest BCUT2D eigenvalue weighted by molar-refractivity contribution is -0.122. The average molecular weight is 523 g/mol. The van der Waals surface area contributed by atoms with Gasteiger partial charge < -0.3 is 14.6 Å². The van der Waals surface area contributed by atoms with E-state index < -0.39 is 23.7 Å². The summed E-state index contributed by atoms with van der Waals surface area (Å²) in [6, 6.07) is 6.62. The maximum absolute atomic E-state index is 14.6. The molecule has 0 amide bonds. The number of hydrogen-bond acceptors (Lipinski definition) is 5. The number of nitriles is 1. The van der Waals surface area contributed by atoms with Crippen LogP contribution in [0.2, 0.25) is 0 Å². The van der Waals surface area contributed by atoms with Gasteiger partial charge in [0.2, 0.25) is 0 Å². The summed E-state index contributed by atoms with van der Waals surface area (Å²) in [7, 11) is 0. The van der Waals surface area contributed by atoms with Crippen molar-refractivity contribution < 1.29 is 23.4 Å². The van der Waals surface area contributed by atoms with Crippen LogP contribution in [0.1, 0.15) is 129 Å². The van der Waals surface area contributed by atoms with Crippen molar-refractivity contribution in [2.24, 2.45) is 5.41 Å². The fourth-order valence-corrected chi connectivity index (χ4v) is 7.34. The van der Waals surface area contributed by atoms with E-state index in [9.17, 15) is 19.1 Å². The first kappa shape index (κ1) is 25.9. The number of nitrogens with zero attached hydrogens (tertiary/aromatic N) is 2. The summed E-state index contributed by atoms with van der Waals surface area (Å²) in [5.41, 5.74) is 4.74. The number of hydrogen-bond donors (Lipinski definition) is 1. The van der Waals surface area contributed by atoms with Crippen molar-refractivity contribution in [2.75, 3.05) is 13.2 Å². The zero-order chi connectivity index (χ0) is 26.9. The van der Waals surface area contributed by atoms with Gasteiger partial charge in [-0.15, -0.1) is 0 Å². The van der Waals surface area contributed by atoms with Crippen LogP contribution in [0.25, 0.3) is 0 Å². The Balaban J connectivity index is 1.57. The van der Waals surface area contributed by atoms with Gasteiger partial charge in [-0.2, -0.15) is 5.26 Å². The molecule has 2 atom stereocenters. The largest absolute Gasteiger partial charge is 0.388 e. The Labute approximate surface area is 223 Å². The van der Waals surface area contributed by atoms with Crippen molar-refractivity contribution in [3.63, 3.8) is 0 Å². The number of aliphatic hydroxyl groups excluding tert-OH is 1. The van der Waals surface area contributed by atoms with Crippen molar-refractivity contribution in [1.29, 1.82) is 5.26 Å². The molecule has 0 radical (unpaired) electrons. The van der Waals surface area contributed by atoms with Crippen molar-refractivity contribution in [3.8, 4) is 6.07 Å². The fraction of sp³-hybridized carbons (Fsp3) is 0.613. The standard InChI is InChI=1S/C31H36F2N2O3/c1-4-31(32,33)21-7-6-19(14-20(21)17-34)28-25-26(30(38-28)10-12-37-13-11-30)24-22(35-27(25)18(2)3)15-29(8-5-9-29)16-23(24)36/h6-7,14,18,23,28,36H,4-5,8-13,15-16H2,1-3H3. The third-order valence-electron chi connectivity index (χ3n) is 9.51. The van der Waals surface area contributed by atoms with Crippen LogP contribution in [0.4, 0.5) is 8.78 Å². The molecule has 2 aromatic rings. The van der Waals surface area contributed by atoms with Crippen LogP contribution in [0.5, 0.6) is 0 Å². The second-order valence-corrected chi connectivity index (χ2v) is 12.1. The number of aliphatic hydroxyl groups is 1. The summed E-state index contributed by atoms with van der Waals surface area (Å²) < 4.78 is 42.0. The Hall–Kier alpha value is -2.40. The fourth-order valence-electron chi connectivity index (χ4n) is 7.34. The molecule has 5 nitrogen and oxygen atoms in total. The molecule has 1 N–H and O–H groups in total. The first-order valence-corrected chi connectivity index (χ1v) is 14.1. The van der Waals surface area contributed by atoms with Gasteiger partial charge in [-0.05, 0) is 54.2 Å². The van der Waals surface area contributed by atoms with Gasteiger partial charge in [-0.1, -0.05) is 39.3 Å². The number of halogens is 2. The van der Waals surface area contributed by atoms with Gasteiger partial charge in [0.05, 0.1) is 23.3 Å². The monoisotopic (exact) mass is 522 g/mol. The van der Waals surface area contributed by atoms with Gasteiger partial charge in [0, 0.05) is 60.6 Å². The summed E-state index contributed by atoms with van der Waals surface area (Å²) in [6.07, 6.45) is 4.84. The van der Waals surface area contributed by atoms with Crippen LogP contribution < -0.4 is 0 Å². The molecule has 6 rings (SSSR count). The number of pyridine rings is 1. The average Bonchev–Trinajstić information content (AvgIpc) is 3.20. The molecule has 2 aliphatic carbocycles. The van der Waals surface area contributed by atoms with E-state index in [1.807, 2.05) is 6.07 Å². The lowest BCUT2D eigenvalue weighted by atomic mass is 9.58. The number of fused-ring (bicyclic) bond motifs is 4. The first-order valence-electron chi connectivity index (χ1n) is 14.1. The zero-order valence-electron chi connectivity index (χ0n) is 22.4. The molecular weight excluding hydrogens is 486 g/mol. The summed E-state index contributed by atoms with van der Waals surface area (Å²) >= 11 is 0. The lowest BCUT2D eigenvalue weighted by Crippen LogP contribution is -2.40. The molecule has 1 saturated carbocycles. The van der Waals surface area contributed by atoms with E-state index in [0.717, 1.165) is 53.8 Å². The van der Waals surface area contributed by atoms with Crippen LogP contribution in [0.3, 0.4) is 0 Å². The van der Waals surface area contributed by atoms with Crippen LogP contribution >= 0.6 is 0 Å². The minimum atomic E-state index is -3.08. The van der Waals surface area contributed by atoms with E-state index in [4.69, 9.17) is 14.5 Å². The summed E-state index contributed by atoms with van der Waals surface area (Å²) in [5.74, 6) is -2.98. The topological polar surface area (TPSA) is 75.4 Å². The van der Waals surface area contributed by atoms with Crippen LogP contribution in [-0.4, -0.2) is 23.3 Å². The smallest absolute Gasteiger partial charge is 0.274 e. The molecule has 1 saturated heterocycles. The van der Waals surface area contributed by atoms with E-state index in [-0.39, 0.29) is 28.9 Å². The molecule has 2 fully saturated rings. The van der Waals surface area contributed by atoms with Crippen LogP contribution in [-0.2, 0) is 27.4 Å². The van der Waals surface area contributed by atoms with E-state index in [0.29, 0.717) is 31.6 Å². The van der Waals surface area contributed by atoms with Gasteiger partial charge in [-0.25, -0.2) is 8.78 Å². The van der Waals surface area contributed by atoms with Crippen molar-refractivity contribution >= 4 is 0 Å². The van der Waals surface area contributed by atoms with Crippen LogP contribution in [0, 0.1) is 16.7 Å². The quantitative estimate of drug-likeness (QED) is 0.475. The van der Waals surface area contributed by atoms with Gasteiger partial charge in [0.25, 0.3) is 5.92 Å². The molecule has 7 heteroatoms. The molecule has 3 heterocycles. The summed E-state index contributed by atoms with van der Waals surface area (Å²) in [4.78, 5) is 5.22. The molecule has 38 heavy (non-hydrogen) atoms. The second-order valence-electron chi connectivity index (χ2n) is 12.1. The number of alkyl halides is 2. The predicted octanol–water partition coefficient (Wildman–Crippen LogP) is 6.85. The Morgan fingerprint density at radius 1 is 1.18 bits per heavy atom. The van der Waals surface area contributed by atoms with Crippen LogP contribution in [0.15, 0.2) is 18.2 Å². The maximum atomic E-state index is 14.6. The predicted molar refractivity (Wildman–Crippen MR) is 138 cm³/mol. The zero-order valence-corrected chi connectivity index (χ0v) is 22.4. The van der Waals surface area contributed by atoms with Gasteiger partial charge in [0.1, 0.15) is 6.10 Å².